The summed E-state index contributed by atoms with van der Waals surface area (Å²) in [5.74, 6) is -1.59. The number of aliphatic hydroxyl groups excluding tert-OH is 3. The predicted octanol–water partition coefficient (Wildman–Crippen LogP) is 2.58. The van der Waals surface area contributed by atoms with Crippen molar-refractivity contribution in [3.63, 3.8) is 0 Å². The van der Waals surface area contributed by atoms with Gasteiger partial charge in [-0.2, -0.15) is 0 Å². The molecule has 0 spiro atoms. The highest BCUT2D eigenvalue weighted by Crippen LogP contribution is 2.32. The van der Waals surface area contributed by atoms with Gasteiger partial charge in [-0.1, -0.05) is 34.8 Å². The molecule has 5 atom stereocenters. The minimum absolute atomic E-state index is 0.0733. The van der Waals surface area contributed by atoms with E-state index in [4.69, 9.17) is 39.5 Å². The van der Waals surface area contributed by atoms with E-state index in [1.807, 2.05) is 0 Å². The third kappa shape index (κ3) is 5.04. The fourth-order valence-corrected chi connectivity index (χ4v) is 3.43. The molecule has 12 heteroatoms. The second kappa shape index (κ2) is 9.58. The number of carbonyl (C=O) groups is 2. The van der Waals surface area contributed by atoms with Gasteiger partial charge in [-0.05, 0) is 42.5 Å². The van der Waals surface area contributed by atoms with E-state index in [-0.39, 0.29) is 15.7 Å². The van der Waals surface area contributed by atoms with Gasteiger partial charge in [-0.25, -0.2) is 9.59 Å². The Bertz CT molecular complexity index is 975. The average Bonchev–Trinajstić information content (AvgIpc) is 2.72. The average molecular weight is 492 g/mol. The summed E-state index contributed by atoms with van der Waals surface area (Å²) in [6.45, 7) is 0. The Morgan fingerprint density at radius 3 is 2.13 bits per heavy atom. The smallest absolute Gasteiger partial charge is 0.335 e. The Hall–Kier alpha value is -2.11. The fraction of sp³-hybridized carbons (Fsp3) is 0.263. The van der Waals surface area contributed by atoms with Gasteiger partial charge < -0.3 is 30.5 Å². The highest BCUT2D eigenvalue weighted by atomic mass is 35.5. The molecule has 0 bridgehead atoms. The number of ether oxygens (including phenoxy) is 1. The zero-order chi connectivity index (χ0) is 22.9. The van der Waals surface area contributed by atoms with Gasteiger partial charge in [0, 0.05) is 16.4 Å². The van der Waals surface area contributed by atoms with Crippen LogP contribution in [0.15, 0.2) is 42.5 Å². The van der Waals surface area contributed by atoms with E-state index in [0.29, 0.717) is 10.7 Å². The molecular formula is C19H17Cl3N2O7. The number of carbonyl (C=O) groups excluding carboxylic acids is 1. The number of amides is 2. The molecule has 0 saturated carbocycles. The number of benzene rings is 2. The second-order valence-corrected chi connectivity index (χ2v) is 7.91. The van der Waals surface area contributed by atoms with Gasteiger partial charge >= 0.3 is 12.0 Å². The lowest BCUT2D eigenvalue weighted by Crippen LogP contribution is -2.65. The van der Waals surface area contributed by atoms with Crippen LogP contribution in [0.5, 0.6) is 0 Å². The van der Waals surface area contributed by atoms with E-state index in [0.717, 1.165) is 4.90 Å². The molecule has 2 aromatic rings. The molecule has 1 fully saturated rings. The van der Waals surface area contributed by atoms with E-state index in [2.05, 4.69) is 5.32 Å². The van der Waals surface area contributed by atoms with Crippen LogP contribution in [0.2, 0.25) is 15.1 Å². The number of aliphatic hydroxyl groups is 3. The Labute approximate surface area is 191 Å². The second-order valence-electron chi connectivity index (χ2n) is 6.66. The predicted molar refractivity (Wildman–Crippen MR) is 114 cm³/mol. The summed E-state index contributed by atoms with van der Waals surface area (Å²) in [7, 11) is 0. The van der Waals surface area contributed by atoms with Crippen molar-refractivity contribution in [2.24, 2.45) is 0 Å². The van der Waals surface area contributed by atoms with Crippen molar-refractivity contribution in [2.45, 2.75) is 30.6 Å². The minimum atomic E-state index is -1.92. The number of rotatable bonds is 4. The van der Waals surface area contributed by atoms with Crippen molar-refractivity contribution in [2.75, 3.05) is 10.2 Å². The van der Waals surface area contributed by atoms with E-state index in [1.54, 1.807) is 0 Å². The Balaban J connectivity index is 2.01. The first-order valence-electron chi connectivity index (χ1n) is 8.83. The van der Waals surface area contributed by atoms with E-state index in [9.17, 15) is 30.0 Å². The number of hydrogen-bond acceptors (Lipinski definition) is 6. The molecule has 2 aromatic carbocycles. The van der Waals surface area contributed by atoms with E-state index < -0.39 is 42.6 Å². The highest BCUT2D eigenvalue weighted by molar-refractivity contribution is 6.42. The molecule has 166 valence electrons. The molecule has 1 saturated heterocycles. The van der Waals surface area contributed by atoms with Crippen molar-refractivity contribution >= 4 is 58.2 Å². The van der Waals surface area contributed by atoms with Crippen LogP contribution >= 0.6 is 34.8 Å². The molecule has 0 aliphatic carbocycles. The third-order valence-corrected chi connectivity index (χ3v) is 5.57. The summed E-state index contributed by atoms with van der Waals surface area (Å²) in [6.07, 6.45) is -9.27. The summed E-state index contributed by atoms with van der Waals surface area (Å²) in [6, 6.07) is 9.33. The number of urea groups is 1. The summed E-state index contributed by atoms with van der Waals surface area (Å²) >= 11 is 17.8. The molecule has 3 rings (SSSR count). The molecule has 1 heterocycles. The number of carboxylic acid groups (broad SMARTS) is 1. The molecular weight excluding hydrogens is 475 g/mol. The fourth-order valence-electron chi connectivity index (χ4n) is 3.01. The molecule has 9 nitrogen and oxygen atoms in total. The number of anilines is 2. The van der Waals surface area contributed by atoms with Crippen LogP contribution in [0.4, 0.5) is 16.2 Å². The summed E-state index contributed by atoms with van der Waals surface area (Å²) in [5, 5.41) is 43.2. The van der Waals surface area contributed by atoms with Crippen LogP contribution < -0.4 is 10.2 Å². The van der Waals surface area contributed by atoms with Crippen molar-refractivity contribution in [3.8, 4) is 0 Å². The summed E-state index contributed by atoms with van der Waals surface area (Å²) in [4.78, 5) is 25.5. The Kier molecular flexibility index (Phi) is 7.28. The lowest BCUT2D eigenvalue weighted by Gasteiger charge is -2.43. The SMILES string of the molecule is O=C(O)[C@H]1O[C@@H](N(C(=O)Nc2ccc(Cl)cc2)c2ccc(Cl)c(Cl)c2)[C@H](O)[C@@H](O)[C@@H]1O. The van der Waals surface area contributed by atoms with Crippen LogP contribution in [-0.4, -0.2) is 63.1 Å². The van der Waals surface area contributed by atoms with Crippen LogP contribution in [0.25, 0.3) is 0 Å². The number of hydrogen-bond donors (Lipinski definition) is 5. The van der Waals surface area contributed by atoms with Crippen molar-refractivity contribution in [1.82, 2.24) is 0 Å². The van der Waals surface area contributed by atoms with Crippen LogP contribution in [-0.2, 0) is 9.53 Å². The minimum Gasteiger partial charge on any atom is -0.479 e. The lowest BCUT2D eigenvalue weighted by molar-refractivity contribution is -0.225. The van der Waals surface area contributed by atoms with Crippen LogP contribution in [0, 0.1) is 0 Å². The monoisotopic (exact) mass is 490 g/mol. The molecule has 5 N–H and O–H groups in total. The first-order chi connectivity index (χ1) is 14.6. The number of carboxylic acids is 1. The number of aliphatic carboxylic acids is 1. The largest absolute Gasteiger partial charge is 0.479 e. The van der Waals surface area contributed by atoms with Crippen LogP contribution in [0.3, 0.4) is 0 Å². The van der Waals surface area contributed by atoms with E-state index in [1.165, 1.54) is 42.5 Å². The van der Waals surface area contributed by atoms with Gasteiger partial charge in [-0.3, -0.25) is 4.90 Å². The van der Waals surface area contributed by atoms with Gasteiger partial charge in [-0.15, -0.1) is 0 Å². The van der Waals surface area contributed by atoms with Gasteiger partial charge in [0.15, 0.2) is 12.3 Å². The maximum atomic E-state index is 13.1. The van der Waals surface area contributed by atoms with Crippen molar-refractivity contribution in [3.05, 3.63) is 57.5 Å². The van der Waals surface area contributed by atoms with Crippen molar-refractivity contribution in [1.29, 1.82) is 0 Å². The lowest BCUT2D eigenvalue weighted by atomic mass is 9.97. The maximum Gasteiger partial charge on any atom is 0.335 e. The zero-order valence-electron chi connectivity index (χ0n) is 15.5. The molecule has 1 aliphatic rings. The summed E-state index contributed by atoms with van der Waals surface area (Å²) < 4.78 is 5.32. The highest BCUT2D eigenvalue weighted by Gasteiger charge is 2.50. The number of nitrogens with one attached hydrogen (secondary N) is 1. The maximum absolute atomic E-state index is 13.1. The Morgan fingerprint density at radius 2 is 1.55 bits per heavy atom. The number of nitrogens with zero attached hydrogens (tertiary/aromatic N) is 1. The molecule has 31 heavy (non-hydrogen) atoms. The third-order valence-electron chi connectivity index (χ3n) is 4.58. The first kappa shape index (κ1) is 23.6. The molecule has 0 radical (unpaired) electrons. The molecule has 1 aliphatic heterocycles. The van der Waals surface area contributed by atoms with E-state index >= 15 is 0 Å². The topological polar surface area (TPSA) is 140 Å². The normalized spacial score (nSPS) is 25.7. The van der Waals surface area contributed by atoms with Gasteiger partial charge in [0.05, 0.1) is 10.0 Å². The van der Waals surface area contributed by atoms with Crippen LogP contribution in [0.1, 0.15) is 0 Å². The molecule has 0 aromatic heterocycles. The quantitative estimate of drug-likeness (QED) is 0.443. The standard InChI is InChI=1S/C19H17Cl3N2O7/c20-8-1-3-9(4-2-8)23-19(30)24(10-5-6-11(21)12(22)7-10)17-15(27)13(25)14(26)16(31-17)18(28)29/h1-7,13-17,25-27H,(H,23,30)(H,28,29)/t13-,14-,15+,16-,17+/m0/s1. The molecule has 0 unspecified atom stereocenters. The first-order valence-corrected chi connectivity index (χ1v) is 9.97. The summed E-state index contributed by atoms with van der Waals surface area (Å²) in [5.41, 5.74) is 0.415. The van der Waals surface area contributed by atoms with Gasteiger partial charge in [0.1, 0.15) is 18.3 Å². The Morgan fingerprint density at radius 1 is 0.903 bits per heavy atom. The van der Waals surface area contributed by atoms with Crippen molar-refractivity contribution < 1.29 is 34.8 Å². The molecule has 2 amide bonds. The number of halogens is 3. The van der Waals surface area contributed by atoms with Gasteiger partial charge in [0.25, 0.3) is 0 Å². The van der Waals surface area contributed by atoms with Gasteiger partial charge in [0.2, 0.25) is 0 Å². The zero-order valence-corrected chi connectivity index (χ0v) is 17.8.